The van der Waals surface area contributed by atoms with Gasteiger partial charge in [0.25, 0.3) is 0 Å². The number of aliphatic carboxylic acids is 1. The average Bonchev–Trinajstić information content (AvgIpc) is 2.61. The number of hydrogen-bond acceptors (Lipinski definition) is 5. The van der Waals surface area contributed by atoms with Gasteiger partial charge in [-0.2, -0.15) is 0 Å². The van der Waals surface area contributed by atoms with Gasteiger partial charge in [0.1, 0.15) is 6.54 Å². The molecule has 2 N–H and O–H groups in total. The smallest absolute Gasteiger partial charge is 0.177 e. The summed E-state index contributed by atoms with van der Waals surface area (Å²) < 4.78 is 0.308. The third-order valence-corrected chi connectivity index (χ3v) is 5.52. The van der Waals surface area contributed by atoms with Crippen LogP contribution >= 0.6 is 0 Å². The molecule has 0 saturated heterocycles. The number of Topliss-reactive ketones (excluding diaryl/α,β-unsaturated/α-hetero) is 1. The van der Waals surface area contributed by atoms with E-state index in [1.807, 2.05) is 21.1 Å². The molecule has 0 aromatic rings. The van der Waals surface area contributed by atoms with E-state index in [4.69, 9.17) is 0 Å². The van der Waals surface area contributed by atoms with Gasteiger partial charge in [0.15, 0.2) is 11.4 Å². The van der Waals surface area contributed by atoms with E-state index in [0.29, 0.717) is 10.9 Å². The Bertz CT molecular complexity index is 475. The number of carboxylic acid groups (broad SMARTS) is 1. The first-order valence-electron chi connectivity index (χ1n) is 11.9. The Morgan fingerprint density at radius 2 is 1.33 bits per heavy atom. The van der Waals surface area contributed by atoms with Crippen LogP contribution in [0.3, 0.4) is 0 Å². The second kappa shape index (κ2) is 15.8. The van der Waals surface area contributed by atoms with Crippen molar-refractivity contribution in [2.24, 2.45) is 0 Å². The van der Waals surface area contributed by atoms with Crippen LogP contribution in [-0.4, -0.2) is 65.8 Å². The molecular weight excluding hydrogens is 382 g/mol. The fourth-order valence-electron chi connectivity index (χ4n) is 4.00. The first-order chi connectivity index (χ1) is 14.0. The molecular formula is C24H47NO5. The first-order valence-corrected chi connectivity index (χ1v) is 11.9. The molecule has 0 aliphatic heterocycles. The summed E-state index contributed by atoms with van der Waals surface area (Å²) >= 11 is 0. The monoisotopic (exact) mass is 429 g/mol. The summed E-state index contributed by atoms with van der Waals surface area (Å²) in [5.41, 5.74) is -1.85. The van der Waals surface area contributed by atoms with Gasteiger partial charge in [-0.25, -0.2) is 0 Å². The van der Waals surface area contributed by atoms with Crippen LogP contribution < -0.4 is 5.11 Å². The molecule has 0 radical (unpaired) electrons. The van der Waals surface area contributed by atoms with Crippen molar-refractivity contribution < 1.29 is 29.4 Å². The van der Waals surface area contributed by atoms with Gasteiger partial charge >= 0.3 is 0 Å². The fourth-order valence-corrected chi connectivity index (χ4v) is 4.00. The number of carboxylic acids is 1. The highest BCUT2D eigenvalue weighted by atomic mass is 16.4. The van der Waals surface area contributed by atoms with Crippen molar-refractivity contribution in [3.05, 3.63) is 0 Å². The van der Waals surface area contributed by atoms with Gasteiger partial charge in [0.05, 0.1) is 27.2 Å². The number of carbonyl (C=O) groups is 2. The molecule has 0 saturated carbocycles. The highest BCUT2D eigenvalue weighted by molar-refractivity contribution is 5.90. The molecule has 0 fully saturated rings. The quantitative estimate of drug-likeness (QED) is 0.229. The minimum Gasteiger partial charge on any atom is -0.550 e. The number of rotatable bonds is 20. The summed E-state index contributed by atoms with van der Waals surface area (Å²) in [6, 6.07) is 0. The summed E-state index contributed by atoms with van der Waals surface area (Å²) in [7, 11) is 5.46. The number of unbranched alkanes of at least 4 members (excludes halogenated alkanes) is 9. The lowest BCUT2D eigenvalue weighted by Crippen LogP contribution is -2.56. The molecule has 0 spiro atoms. The van der Waals surface area contributed by atoms with E-state index in [9.17, 15) is 24.9 Å². The maximum absolute atomic E-state index is 12.5. The van der Waals surface area contributed by atoms with Gasteiger partial charge in [-0.05, 0) is 19.3 Å². The van der Waals surface area contributed by atoms with Crippen LogP contribution in [-0.2, 0) is 9.59 Å². The molecule has 0 amide bonds. The number of carbonyl (C=O) groups excluding carboxylic acids is 2. The normalized spacial score (nSPS) is 15.0. The van der Waals surface area contributed by atoms with Crippen LogP contribution in [0.5, 0.6) is 0 Å². The molecule has 0 rings (SSSR count). The molecule has 2 atom stereocenters. The minimum atomic E-state index is -1.85. The molecule has 0 aromatic heterocycles. The number of hydrogen-bond donors (Lipinski definition) is 2. The Labute approximate surface area is 184 Å². The van der Waals surface area contributed by atoms with Crippen LogP contribution in [0.25, 0.3) is 0 Å². The van der Waals surface area contributed by atoms with Gasteiger partial charge in [-0.15, -0.1) is 0 Å². The largest absolute Gasteiger partial charge is 0.550 e. The zero-order chi connectivity index (χ0) is 23.0. The van der Waals surface area contributed by atoms with Gasteiger partial charge in [-0.1, -0.05) is 71.1 Å². The maximum atomic E-state index is 12.5. The molecule has 6 heteroatoms. The molecule has 0 aliphatic carbocycles. The Morgan fingerprint density at radius 3 is 1.80 bits per heavy atom. The van der Waals surface area contributed by atoms with Crippen LogP contribution in [0.4, 0.5) is 0 Å². The van der Waals surface area contributed by atoms with E-state index in [1.165, 1.54) is 19.3 Å². The lowest BCUT2D eigenvalue weighted by atomic mass is 9.89. The number of aliphatic hydroxyl groups excluding tert-OH is 1. The SMILES string of the molecule is CCCCCCC(O)CCCCCCCCCC(=O)C(O)(CC(=O)[O-])C[N+](C)(C)C. The number of aliphatic hydroxyl groups is 2. The van der Waals surface area contributed by atoms with Crippen molar-refractivity contribution in [3.8, 4) is 0 Å². The van der Waals surface area contributed by atoms with Crippen molar-refractivity contribution in [3.63, 3.8) is 0 Å². The van der Waals surface area contributed by atoms with E-state index in [2.05, 4.69) is 6.92 Å². The van der Waals surface area contributed by atoms with Crippen molar-refractivity contribution >= 4 is 11.8 Å². The summed E-state index contributed by atoms with van der Waals surface area (Å²) in [5, 5.41) is 31.6. The minimum absolute atomic E-state index is 0.0598. The lowest BCUT2D eigenvalue weighted by molar-refractivity contribution is -0.875. The number of ketones is 1. The summed E-state index contributed by atoms with van der Waals surface area (Å²) in [4.78, 5) is 23.4. The Morgan fingerprint density at radius 1 is 0.867 bits per heavy atom. The molecule has 0 heterocycles. The lowest BCUT2D eigenvalue weighted by Gasteiger charge is -2.34. The molecule has 0 aliphatic rings. The topological polar surface area (TPSA) is 97.7 Å². The third kappa shape index (κ3) is 15.8. The first kappa shape index (κ1) is 29.0. The van der Waals surface area contributed by atoms with Crippen LogP contribution in [0, 0.1) is 0 Å². The Hall–Kier alpha value is -0.980. The Balaban J connectivity index is 3.88. The van der Waals surface area contributed by atoms with E-state index in [0.717, 1.165) is 57.8 Å². The fraction of sp³-hybridized carbons (Fsp3) is 0.917. The van der Waals surface area contributed by atoms with Gasteiger partial charge < -0.3 is 24.6 Å². The van der Waals surface area contributed by atoms with Crippen molar-refractivity contribution in [1.82, 2.24) is 0 Å². The van der Waals surface area contributed by atoms with Crippen LogP contribution in [0.2, 0.25) is 0 Å². The molecule has 30 heavy (non-hydrogen) atoms. The van der Waals surface area contributed by atoms with E-state index < -0.39 is 23.8 Å². The second-order valence-corrected chi connectivity index (χ2v) is 9.97. The average molecular weight is 430 g/mol. The van der Waals surface area contributed by atoms with E-state index >= 15 is 0 Å². The summed E-state index contributed by atoms with van der Waals surface area (Å²) in [6.45, 7) is 2.25. The van der Waals surface area contributed by atoms with Gasteiger partial charge in [-0.3, -0.25) is 4.79 Å². The van der Waals surface area contributed by atoms with Crippen molar-refractivity contribution in [1.29, 1.82) is 0 Å². The standard InChI is InChI=1S/C24H47NO5/c1-5-6-7-13-16-21(26)17-14-11-9-8-10-12-15-18-22(27)24(30,19-23(28)29)20-25(2,3)4/h21,26,30H,5-20H2,1-4H3. The highest BCUT2D eigenvalue weighted by Gasteiger charge is 2.40. The molecule has 2 unspecified atom stereocenters. The maximum Gasteiger partial charge on any atom is 0.177 e. The number of quaternary nitrogens is 1. The number of nitrogens with zero attached hydrogens (tertiary/aromatic N) is 1. The summed E-state index contributed by atoms with van der Waals surface area (Å²) in [6.07, 6.45) is 13.1. The highest BCUT2D eigenvalue weighted by Crippen LogP contribution is 2.20. The zero-order valence-electron chi connectivity index (χ0n) is 20.0. The predicted octanol–water partition coefficient (Wildman–Crippen LogP) is 2.98. The molecule has 0 bridgehead atoms. The second-order valence-electron chi connectivity index (χ2n) is 9.97. The summed E-state index contributed by atoms with van der Waals surface area (Å²) in [5.74, 6) is -1.79. The van der Waals surface area contributed by atoms with E-state index in [1.54, 1.807) is 0 Å². The number of likely N-dealkylation sites (N-methyl/N-ethyl adjacent to an activating group) is 1. The van der Waals surface area contributed by atoms with Gasteiger partial charge in [0, 0.05) is 18.8 Å². The molecule has 6 nitrogen and oxygen atoms in total. The molecule has 0 aromatic carbocycles. The third-order valence-electron chi connectivity index (χ3n) is 5.52. The van der Waals surface area contributed by atoms with Gasteiger partial charge in [0.2, 0.25) is 0 Å². The Kier molecular flexibility index (Phi) is 15.3. The van der Waals surface area contributed by atoms with Crippen molar-refractivity contribution in [2.45, 2.75) is 115 Å². The van der Waals surface area contributed by atoms with Crippen LogP contribution in [0.15, 0.2) is 0 Å². The zero-order valence-corrected chi connectivity index (χ0v) is 20.0. The van der Waals surface area contributed by atoms with Crippen LogP contribution in [0.1, 0.15) is 103 Å². The van der Waals surface area contributed by atoms with E-state index in [-0.39, 0.29) is 19.1 Å². The molecule has 178 valence electrons. The predicted molar refractivity (Wildman–Crippen MR) is 119 cm³/mol. The van der Waals surface area contributed by atoms with Crippen molar-refractivity contribution in [2.75, 3.05) is 27.7 Å².